The first kappa shape index (κ1) is 17.3. The second-order valence-electron chi connectivity index (χ2n) is 5.37. The molecule has 0 aliphatic rings. The zero-order chi connectivity index (χ0) is 18.5. The molecule has 1 aromatic heterocycles. The van der Waals surface area contributed by atoms with E-state index in [1.165, 1.54) is 12.1 Å². The molecule has 0 saturated heterocycles. The highest BCUT2D eigenvalue weighted by Gasteiger charge is 2.24. The molecular formula is C18H15NO7. The van der Waals surface area contributed by atoms with Gasteiger partial charge < -0.3 is 19.0 Å². The lowest BCUT2D eigenvalue weighted by atomic mass is 10.2. The van der Waals surface area contributed by atoms with Crippen LogP contribution in [-0.4, -0.2) is 23.2 Å². The van der Waals surface area contributed by atoms with Gasteiger partial charge >= 0.3 is 11.3 Å². The molecule has 0 fully saturated rings. The molecular weight excluding hydrogens is 342 g/mol. The third-order valence-corrected chi connectivity index (χ3v) is 3.58. The summed E-state index contributed by atoms with van der Waals surface area (Å²) in [6.07, 6.45) is 0.614. The first-order valence-corrected chi connectivity index (χ1v) is 7.81. The smallest absolute Gasteiger partial charge is 0.419 e. The summed E-state index contributed by atoms with van der Waals surface area (Å²) in [6, 6.07) is 13.7. The Morgan fingerprint density at radius 2 is 1.73 bits per heavy atom. The summed E-state index contributed by atoms with van der Waals surface area (Å²) in [5, 5.41) is 20.9. The van der Waals surface area contributed by atoms with Gasteiger partial charge in [0, 0.05) is 6.42 Å². The molecule has 0 bridgehead atoms. The second-order valence-corrected chi connectivity index (χ2v) is 5.37. The molecule has 8 heteroatoms. The SMILES string of the molecule is O=c1oc2ccc(OCCCOc3ccccc3)cc2c(O)c1[N+](=O)[O-]. The molecule has 0 unspecified atom stereocenters. The zero-order valence-electron chi connectivity index (χ0n) is 13.6. The molecule has 1 N–H and O–H groups in total. The van der Waals surface area contributed by atoms with Crippen molar-refractivity contribution in [2.75, 3.05) is 13.2 Å². The maximum atomic E-state index is 11.5. The molecule has 8 nitrogen and oxygen atoms in total. The van der Waals surface area contributed by atoms with Gasteiger partial charge in [-0.05, 0) is 30.3 Å². The molecule has 26 heavy (non-hydrogen) atoms. The van der Waals surface area contributed by atoms with Gasteiger partial charge in [-0.25, -0.2) is 4.79 Å². The van der Waals surface area contributed by atoms with Crippen LogP contribution in [0.4, 0.5) is 5.69 Å². The van der Waals surface area contributed by atoms with E-state index < -0.39 is 22.0 Å². The summed E-state index contributed by atoms with van der Waals surface area (Å²) >= 11 is 0. The van der Waals surface area contributed by atoms with Gasteiger partial charge in [0.25, 0.3) is 0 Å². The molecule has 0 aliphatic heterocycles. The first-order valence-electron chi connectivity index (χ1n) is 7.81. The quantitative estimate of drug-likeness (QED) is 0.299. The normalized spacial score (nSPS) is 10.6. The highest BCUT2D eigenvalue weighted by molar-refractivity contribution is 5.87. The number of benzene rings is 2. The predicted molar refractivity (Wildman–Crippen MR) is 92.9 cm³/mol. The Balaban J connectivity index is 1.65. The van der Waals surface area contributed by atoms with Gasteiger partial charge in [0.15, 0.2) is 0 Å². The van der Waals surface area contributed by atoms with Gasteiger partial charge in [-0.15, -0.1) is 0 Å². The Hall–Kier alpha value is -3.55. The van der Waals surface area contributed by atoms with Crippen LogP contribution in [-0.2, 0) is 0 Å². The fraction of sp³-hybridized carbons (Fsp3) is 0.167. The van der Waals surface area contributed by atoms with Crippen molar-refractivity contribution < 1.29 is 23.9 Å². The topological polar surface area (TPSA) is 112 Å². The Kier molecular flexibility index (Phi) is 5.02. The van der Waals surface area contributed by atoms with Crippen LogP contribution >= 0.6 is 0 Å². The summed E-state index contributed by atoms with van der Waals surface area (Å²) in [4.78, 5) is 21.4. The summed E-state index contributed by atoms with van der Waals surface area (Å²) in [7, 11) is 0. The molecule has 134 valence electrons. The number of ether oxygens (including phenoxy) is 2. The number of rotatable bonds is 7. The maximum Gasteiger partial charge on any atom is 0.419 e. The van der Waals surface area contributed by atoms with Crippen molar-refractivity contribution >= 4 is 16.7 Å². The first-order chi connectivity index (χ1) is 12.6. The van der Waals surface area contributed by atoms with Crippen LogP contribution < -0.4 is 15.1 Å². The van der Waals surface area contributed by atoms with Crippen LogP contribution in [0, 0.1) is 10.1 Å². The number of hydrogen-bond donors (Lipinski definition) is 1. The Morgan fingerprint density at radius 1 is 1.04 bits per heavy atom. The number of fused-ring (bicyclic) bond motifs is 1. The van der Waals surface area contributed by atoms with Crippen LogP contribution in [0.25, 0.3) is 11.0 Å². The molecule has 0 saturated carbocycles. The van der Waals surface area contributed by atoms with Crippen molar-refractivity contribution in [2.45, 2.75) is 6.42 Å². The molecule has 0 spiro atoms. The standard InChI is InChI=1S/C18H15NO7/c20-17-14-11-13(7-8-15(14)26-18(21)16(17)19(22)23)25-10-4-9-24-12-5-2-1-3-6-12/h1-3,5-8,11,20H,4,9-10H2. The van der Waals surface area contributed by atoms with Crippen molar-refractivity contribution in [3.05, 3.63) is 69.1 Å². The van der Waals surface area contributed by atoms with E-state index in [2.05, 4.69) is 0 Å². The van der Waals surface area contributed by atoms with Crippen molar-refractivity contribution in [1.29, 1.82) is 0 Å². The lowest BCUT2D eigenvalue weighted by Gasteiger charge is -2.09. The molecule has 0 aliphatic carbocycles. The number of aromatic hydroxyl groups is 1. The number of nitro groups is 1. The van der Waals surface area contributed by atoms with Crippen molar-refractivity contribution in [1.82, 2.24) is 0 Å². The van der Waals surface area contributed by atoms with Gasteiger partial charge in [-0.3, -0.25) is 10.1 Å². The monoisotopic (exact) mass is 357 g/mol. The molecule has 2 aromatic carbocycles. The third kappa shape index (κ3) is 3.75. The summed E-state index contributed by atoms with van der Waals surface area (Å²) < 4.78 is 15.9. The molecule has 0 radical (unpaired) electrons. The average Bonchev–Trinajstić information content (AvgIpc) is 2.62. The van der Waals surface area contributed by atoms with Crippen LogP contribution in [0.5, 0.6) is 17.2 Å². The molecule has 0 amide bonds. The zero-order valence-corrected chi connectivity index (χ0v) is 13.6. The fourth-order valence-corrected chi connectivity index (χ4v) is 2.36. The van der Waals surface area contributed by atoms with Gasteiger partial charge in [-0.2, -0.15) is 0 Å². The van der Waals surface area contributed by atoms with E-state index in [1.807, 2.05) is 30.3 Å². The minimum atomic E-state index is -1.20. The lowest BCUT2D eigenvalue weighted by Crippen LogP contribution is -2.07. The maximum absolute atomic E-state index is 11.5. The lowest BCUT2D eigenvalue weighted by molar-refractivity contribution is -0.388. The molecule has 3 rings (SSSR count). The minimum Gasteiger partial charge on any atom is -0.501 e. The van der Waals surface area contributed by atoms with E-state index in [0.717, 1.165) is 5.75 Å². The van der Waals surface area contributed by atoms with Crippen LogP contribution in [0.2, 0.25) is 0 Å². The molecule has 3 aromatic rings. The van der Waals surface area contributed by atoms with Gasteiger partial charge in [-0.1, -0.05) is 18.2 Å². The Bertz CT molecular complexity index is 982. The van der Waals surface area contributed by atoms with Crippen LogP contribution in [0.15, 0.2) is 57.7 Å². The Labute approximate surface area is 147 Å². The number of hydrogen-bond acceptors (Lipinski definition) is 7. The summed E-state index contributed by atoms with van der Waals surface area (Å²) in [6.45, 7) is 0.807. The Morgan fingerprint density at radius 3 is 2.42 bits per heavy atom. The van der Waals surface area contributed by atoms with E-state index in [-0.39, 0.29) is 11.0 Å². The van der Waals surface area contributed by atoms with E-state index in [9.17, 15) is 20.0 Å². The van der Waals surface area contributed by atoms with Crippen molar-refractivity contribution in [3.8, 4) is 17.2 Å². The van der Waals surface area contributed by atoms with Crippen molar-refractivity contribution in [3.63, 3.8) is 0 Å². The summed E-state index contributed by atoms with van der Waals surface area (Å²) in [5.41, 5.74) is -2.16. The number of nitrogens with zero attached hydrogens (tertiary/aromatic N) is 1. The number of para-hydroxylation sites is 1. The largest absolute Gasteiger partial charge is 0.501 e. The molecule has 0 atom stereocenters. The average molecular weight is 357 g/mol. The van der Waals surface area contributed by atoms with E-state index in [4.69, 9.17) is 13.9 Å². The highest BCUT2D eigenvalue weighted by Crippen LogP contribution is 2.33. The van der Waals surface area contributed by atoms with Crippen molar-refractivity contribution in [2.24, 2.45) is 0 Å². The minimum absolute atomic E-state index is 0.0364. The van der Waals surface area contributed by atoms with Gasteiger partial charge in [0.1, 0.15) is 17.1 Å². The van der Waals surface area contributed by atoms with Crippen LogP contribution in [0.3, 0.4) is 0 Å². The third-order valence-electron chi connectivity index (χ3n) is 3.58. The molecule has 1 heterocycles. The van der Waals surface area contributed by atoms with Gasteiger partial charge in [0.2, 0.25) is 5.75 Å². The van der Waals surface area contributed by atoms with Gasteiger partial charge in [0.05, 0.1) is 23.5 Å². The van der Waals surface area contributed by atoms with E-state index in [0.29, 0.717) is 25.4 Å². The van der Waals surface area contributed by atoms with Crippen LogP contribution in [0.1, 0.15) is 6.42 Å². The second kappa shape index (κ2) is 7.56. The predicted octanol–water partition coefficient (Wildman–Crippen LogP) is 3.25. The van der Waals surface area contributed by atoms with E-state index in [1.54, 1.807) is 6.07 Å². The summed E-state index contributed by atoms with van der Waals surface area (Å²) in [5.74, 6) is 0.417. The fourth-order valence-electron chi connectivity index (χ4n) is 2.36. The highest BCUT2D eigenvalue weighted by atomic mass is 16.6. The van der Waals surface area contributed by atoms with E-state index >= 15 is 0 Å².